The summed E-state index contributed by atoms with van der Waals surface area (Å²) in [4.78, 5) is 24.1. The molecular formula is C19H27N5O4. The largest absolute Gasteiger partial charge is 0.383 e. The van der Waals surface area contributed by atoms with Gasteiger partial charge < -0.3 is 20.3 Å². The lowest BCUT2D eigenvalue weighted by molar-refractivity contribution is -0.132. The van der Waals surface area contributed by atoms with Crippen LogP contribution < -0.4 is 10.6 Å². The Morgan fingerprint density at radius 1 is 1.36 bits per heavy atom. The maximum absolute atomic E-state index is 12.1. The van der Waals surface area contributed by atoms with Gasteiger partial charge in [-0.1, -0.05) is 19.0 Å². The van der Waals surface area contributed by atoms with Crippen LogP contribution in [0.3, 0.4) is 0 Å². The van der Waals surface area contributed by atoms with Gasteiger partial charge in [0.2, 0.25) is 11.8 Å². The number of hydrogen-bond acceptors (Lipinski definition) is 6. The highest BCUT2D eigenvalue weighted by Gasteiger charge is 2.30. The molecule has 3 atom stereocenters. The topological polar surface area (TPSA) is 133 Å². The third-order valence-electron chi connectivity index (χ3n) is 5.00. The molecule has 0 radical (unpaired) electrons. The molecule has 0 aliphatic heterocycles. The van der Waals surface area contributed by atoms with Crippen molar-refractivity contribution in [3.05, 3.63) is 29.3 Å². The van der Waals surface area contributed by atoms with Gasteiger partial charge in [0, 0.05) is 29.8 Å². The van der Waals surface area contributed by atoms with Crippen molar-refractivity contribution in [2.24, 2.45) is 5.92 Å². The lowest BCUT2D eigenvalue weighted by atomic mass is 10.0. The molecule has 1 fully saturated rings. The van der Waals surface area contributed by atoms with Crippen molar-refractivity contribution >= 4 is 17.6 Å². The van der Waals surface area contributed by atoms with Crippen LogP contribution in [0.1, 0.15) is 56.2 Å². The smallest absolute Gasteiger partial charge is 0.249 e. The Morgan fingerprint density at radius 3 is 2.82 bits per heavy atom. The Morgan fingerprint density at radius 2 is 2.14 bits per heavy atom. The number of rotatable bonds is 7. The molecule has 2 aromatic heterocycles. The monoisotopic (exact) mass is 389 g/mol. The first kappa shape index (κ1) is 20.1. The Hall–Kier alpha value is -2.68. The van der Waals surface area contributed by atoms with E-state index < -0.39 is 6.10 Å². The molecule has 4 N–H and O–H groups in total. The molecular weight excluding hydrogens is 362 g/mol. The minimum absolute atomic E-state index is 0.0296. The summed E-state index contributed by atoms with van der Waals surface area (Å²) in [6.45, 7) is 5.42. The first-order valence-electron chi connectivity index (χ1n) is 9.57. The lowest BCUT2D eigenvalue weighted by Gasteiger charge is -2.18. The second-order valence-corrected chi connectivity index (χ2v) is 7.77. The number of carbonyl (C=O) groups excluding carboxylic acids is 2. The van der Waals surface area contributed by atoms with Gasteiger partial charge in [-0.15, -0.1) is 0 Å². The number of anilines is 1. The fourth-order valence-corrected chi connectivity index (χ4v) is 3.44. The van der Waals surface area contributed by atoms with Crippen LogP contribution in [0.5, 0.6) is 0 Å². The lowest BCUT2D eigenvalue weighted by Crippen LogP contribution is -2.42. The van der Waals surface area contributed by atoms with Gasteiger partial charge in [0.25, 0.3) is 0 Å². The van der Waals surface area contributed by atoms with E-state index in [1.807, 2.05) is 19.9 Å². The van der Waals surface area contributed by atoms with Crippen molar-refractivity contribution in [2.75, 3.05) is 5.32 Å². The fraction of sp³-hybridized carbons (Fsp3) is 0.579. The van der Waals surface area contributed by atoms with Crippen molar-refractivity contribution in [3.8, 4) is 0 Å². The van der Waals surface area contributed by atoms with Crippen molar-refractivity contribution in [1.82, 2.24) is 20.7 Å². The van der Waals surface area contributed by atoms with Gasteiger partial charge in [-0.2, -0.15) is 5.10 Å². The first-order valence-corrected chi connectivity index (χ1v) is 9.57. The molecule has 1 aliphatic carbocycles. The molecule has 9 nitrogen and oxygen atoms in total. The number of hydrogen-bond donors (Lipinski definition) is 4. The number of aliphatic hydroxyl groups is 1. The predicted octanol–water partition coefficient (Wildman–Crippen LogP) is 1.66. The summed E-state index contributed by atoms with van der Waals surface area (Å²) in [5.41, 5.74) is 1.65. The zero-order valence-corrected chi connectivity index (χ0v) is 16.4. The van der Waals surface area contributed by atoms with Gasteiger partial charge in [0.15, 0.2) is 5.82 Å². The third-order valence-corrected chi connectivity index (χ3v) is 5.00. The molecule has 1 saturated carbocycles. The summed E-state index contributed by atoms with van der Waals surface area (Å²) >= 11 is 0. The Balaban J connectivity index is 1.50. The van der Waals surface area contributed by atoms with E-state index >= 15 is 0 Å². The van der Waals surface area contributed by atoms with Gasteiger partial charge in [-0.05, 0) is 32.1 Å². The number of carbonyl (C=O) groups is 2. The van der Waals surface area contributed by atoms with E-state index in [9.17, 15) is 14.7 Å². The van der Waals surface area contributed by atoms with E-state index in [1.54, 1.807) is 13.0 Å². The summed E-state index contributed by atoms with van der Waals surface area (Å²) in [7, 11) is 0. The number of aromatic nitrogens is 3. The maximum Gasteiger partial charge on any atom is 0.249 e. The molecule has 0 spiro atoms. The van der Waals surface area contributed by atoms with E-state index in [2.05, 4.69) is 26.0 Å². The van der Waals surface area contributed by atoms with Crippen LogP contribution in [-0.4, -0.2) is 44.4 Å². The van der Waals surface area contributed by atoms with Gasteiger partial charge in [-0.25, -0.2) is 0 Å². The molecule has 3 rings (SSSR count). The molecule has 0 bridgehead atoms. The zero-order valence-electron chi connectivity index (χ0n) is 16.4. The van der Waals surface area contributed by atoms with Crippen LogP contribution in [0.15, 0.2) is 16.7 Å². The van der Waals surface area contributed by atoms with Crippen LogP contribution in [0.25, 0.3) is 0 Å². The molecule has 0 aromatic carbocycles. The fourth-order valence-electron chi connectivity index (χ4n) is 3.44. The number of H-pyrrole nitrogens is 1. The molecule has 0 saturated heterocycles. The second kappa shape index (κ2) is 8.55. The van der Waals surface area contributed by atoms with Crippen molar-refractivity contribution < 1.29 is 19.2 Å². The Labute approximate surface area is 163 Å². The van der Waals surface area contributed by atoms with E-state index in [-0.39, 0.29) is 36.1 Å². The summed E-state index contributed by atoms with van der Waals surface area (Å²) in [6, 6.07) is 3.57. The van der Waals surface area contributed by atoms with Crippen LogP contribution in [0.4, 0.5) is 5.82 Å². The summed E-state index contributed by atoms with van der Waals surface area (Å²) in [6.07, 6.45) is 1.62. The minimum Gasteiger partial charge on any atom is -0.383 e. The van der Waals surface area contributed by atoms with Crippen molar-refractivity contribution in [3.63, 3.8) is 0 Å². The average molecular weight is 389 g/mol. The summed E-state index contributed by atoms with van der Waals surface area (Å²) in [5, 5.41) is 26.4. The summed E-state index contributed by atoms with van der Waals surface area (Å²) in [5.74, 6) is 0.519. The zero-order chi connectivity index (χ0) is 20.3. The van der Waals surface area contributed by atoms with E-state index in [0.717, 1.165) is 30.7 Å². The Bertz CT molecular complexity index is 828. The highest BCUT2D eigenvalue weighted by atomic mass is 16.5. The molecule has 0 unspecified atom stereocenters. The standard InChI is InChI=1S/C19H27N5O4/c1-10(2)18(26)19(27)20-13-5-4-12(7-13)15-9-16(23-22-15)21-17(25)8-14-6-11(3)24-28-14/h6,9-10,12-13,18,26H,4-5,7-8H2,1-3H3,(H,20,27)(H2,21,22,23,25)/t12-,13+,18-/m0/s1. The molecule has 2 amide bonds. The molecule has 9 heteroatoms. The second-order valence-electron chi connectivity index (χ2n) is 7.77. The highest BCUT2D eigenvalue weighted by molar-refractivity contribution is 5.91. The number of aliphatic hydroxyl groups excluding tert-OH is 1. The highest BCUT2D eigenvalue weighted by Crippen LogP contribution is 2.34. The normalized spacial score (nSPS) is 20.3. The summed E-state index contributed by atoms with van der Waals surface area (Å²) < 4.78 is 5.04. The molecule has 2 aromatic rings. The van der Waals surface area contributed by atoms with Crippen molar-refractivity contribution in [2.45, 2.75) is 64.5 Å². The maximum atomic E-state index is 12.1. The van der Waals surface area contributed by atoms with Crippen LogP contribution in [0, 0.1) is 12.8 Å². The number of aromatic amines is 1. The van der Waals surface area contributed by atoms with E-state index in [1.165, 1.54) is 0 Å². The van der Waals surface area contributed by atoms with Crippen LogP contribution in [0.2, 0.25) is 0 Å². The molecule has 152 valence electrons. The number of nitrogens with one attached hydrogen (secondary N) is 3. The van der Waals surface area contributed by atoms with Crippen LogP contribution >= 0.6 is 0 Å². The van der Waals surface area contributed by atoms with Gasteiger partial charge in [0.05, 0.1) is 12.1 Å². The van der Waals surface area contributed by atoms with Crippen LogP contribution in [-0.2, 0) is 16.0 Å². The average Bonchev–Trinajstić information content (AvgIpc) is 3.36. The van der Waals surface area contributed by atoms with E-state index in [4.69, 9.17) is 4.52 Å². The predicted molar refractivity (Wildman–Crippen MR) is 102 cm³/mol. The quantitative estimate of drug-likeness (QED) is 0.569. The SMILES string of the molecule is Cc1cc(CC(=O)Nc2cc([C@H]3CC[C@@H](NC(=O)[C@@H](O)C(C)C)C3)[nH]n2)on1. The van der Waals surface area contributed by atoms with Gasteiger partial charge in [0.1, 0.15) is 11.9 Å². The number of nitrogens with zero attached hydrogens (tertiary/aromatic N) is 2. The van der Waals surface area contributed by atoms with Gasteiger partial charge in [-0.3, -0.25) is 14.7 Å². The number of amides is 2. The van der Waals surface area contributed by atoms with E-state index in [0.29, 0.717) is 11.6 Å². The molecule has 1 aliphatic rings. The van der Waals surface area contributed by atoms with Gasteiger partial charge >= 0.3 is 0 Å². The Kier molecular flexibility index (Phi) is 6.13. The number of aryl methyl sites for hydroxylation is 1. The molecule has 28 heavy (non-hydrogen) atoms. The molecule has 2 heterocycles. The van der Waals surface area contributed by atoms with Crippen molar-refractivity contribution in [1.29, 1.82) is 0 Å². The minimum atomic E-state index is -0.985. The first-order chi connectivity index (χ1) is 13.3. The third kappa shape index (κ3) is 4.98.